The smallest absolute Gasteiger partial charge is 0.315 e. The van der Waals surface area contributed by atoms with E-state index in [1.54, 1.807) is 13.0 Å². The minimum atomic E-state index is -0.856. The summed E-state index contributed by atoms with van der Waals surface area (Å²) in [6, 6.07) is 11.1. The molecule has 33 heavy (non-hydrogen) atoms. The van der Waals surface area contributed by atoms with Gasteiger partial charge in [0.15, 0.2) is 11.6 Å². The number of benzene rings is 2. The van der Waals surface area contributed by atoms with Gasteiger partial charge in [-0.2, -0.15) is 0 Å². The van der Waals surface area contributed by atoms with Crippen LogP contribution < -0.4 is 10.6 Å². The van der Waals surface area contributed by atoms with Crippen molar-refractivity contribution in [3.63, 3.8) is 0 Å². The maximum absolute atomic E-state index is 13.4. The van der Waals surface area contributed by atoms with E-state index in [1.807, 2.05) is 24.3 Å². The number of aromatic nitrogens is 2. The molecule has 0 aliphatic carbocycles. The Balaban J connectivity index is 1.22. The minimum absolute atomic E-state index is 0.195. The molecular formula is C23H25F2N5O3. The highest BCUT2D eigenvalue weighted by Gasteiger charge is 2.21. The maximum Gasteiger partial charge on any atom is 0.315 e. The number of nitrogens with one attached hydrogen (secondary N) is 2. The van der Waals surface area contributed by atoms with Gasteiger partial charge in [0.25, 0.3) is 0 Å². The molecule has 2 aromatic carbocycles. The van der Waals surface area contributed by atoms with E-state index in [1.165, 1.54) is 6.07 Å². The topological polar surface area (TPSA) is 92.5 Å². The van der Waals surface area contributed by atoms with Crippen LogP contribution in [0.25, 0.3) is 11.5 Å². The summed E-state index contributed by atoms with van der Waals surface area (Å²) in [5.74, 6) is -0.791. The lowest BCUT2D eigenvalue weighted by Crippen LogP contribution is -2.48. The highest BCUT2D eigenvalue weighted by Crippen LogP contribution is 2.19. The summed E-state index contributed by atoms with van der Waals surface area (Å²) in [5.41, 5.74) is 2.37. The third kappa shape index (κ3) is 6.33. The first kappa shape index (κ1) is 22.8. The van der Waals surface area contributed by atoms with E-state index in [2.05, 4.69) is 25.7 Å². The molecule has 0 bridgehead atoms. The molecule has 1 aliphatic rings. The maximum atomic E-state index is 13.4. The van der Waals surface area contributed by atoms with Crippen LogP contribution in [0.15, 0.2) is 46.9 Å². The number of carbonyl (C=O) groups is 1. The number of aryl methyl sites for hydroxylation is 1. The molecule has 8 nitrogen and oxygen atoms in total. The van der Waals surface area contributed by atoms with Gasteiger partial charge in [-0.1, -0.05) is 18.2 Å². The molecule has 1 saturated heterocycles. The Morgan fingerprint density at radius 3 is 2.79 bits per heavy atom. The standard InChI is InChI=1S/C23H25F2N5O3/c1-15-28-29-22(33-15)18-4-2-3-16(9-18)11-26-23(31)27-12-19-14-30(7-8-32-19)13-17-5-6-20(24)21(25)10-17/h2-6,9-10,19H,7-8,11-14H2,1H3,(H2,26,27,31)/t19-/m0/s1. The zero-order chi connectivity index (χ0) is 23.2. The second-order valence-electron chi connectivity index (χ2n) is 7.87. The van der Waals surface area contributed by atoms with Crippen LogP contribution in [0.5, 0.6) is 0 Å². The molecule has 0 radical (unpaired) electrons. The van der Waals surface area contributed by atoms with Crippen molar-refractivity contribution in [3.8, 4) is 11.5 Å². The van der Waals surface area contributed by atoms with Gasteiger partial charge in [0.05, 0.1) is 12.7 Å². The monoisotopic (exact) mass is 457 g/mol. The van der Waals surface area contributed by atoms with E-state index in [0.29, 0.717) is 56.7 Å². The van der Waals surface area contributed by atoms with Crippen LogP contribution in [-0.2, 0) is 17.8 Å². The van der Waals surface area contributed by atoms with Crippen molar-refractivity contribution in [1.29, 1.82) is 0 Å². The normalized spacial score (nSPS) is 16.5. The second-order valence-corrected chi connectivity index (χ2v) is 7.87. The molecule has 1 aliphatic heterocycles. The van der Waals surface area contributed by atoms with Gasteiger partial charge < -0.3 is 19.8 Å². The largest absolute Gasteiger partial charge is 0.421 e. The Morgan fingerprint density at radius 2 is 2.00 bits per heavy atom. The van der Waals surface area contributed by atoms with Crippen molar-refractivity contribution in [3.05, 3.63) is 71.1 Å². The second kappa shape index (κ2) is 10.5. The first-order valence-corrected chi connectivity index (χ1v) is 10.7. The molecule has 1 fully saturated rings. The summed E-state index contributed by atoms with van der Waals surface area (Å²) >= 11 is 0. The third-order valence-electron chi connectivity index (χ3n) is 5.26. The average Bonchev–Trinajstić information content (AvgIpc) is 3.25. The lowest BCUT2D eigenvalue weighted by molar-refractivity contribution is -0.0287. The summed E-state index contributed by atoms with van der Waals surface area (Å²) in [6.07, 6.45) is -0.195. The molecular weight excluding hydrogens is 432 g/mol. The SMILES string of the molecule is Cc1nnc(-c2cccc(CNC(=O)NC[C@H]3CN(Cc4ccc(F)c(F)c4)CCO3)c2)o1. The summed E-state index contributed by atoms with van der Waals surface area (Å²) in [5, 5.41) is 13.5. The zero-order valence-electron chi connectivity index (χ0n) is 18.2. The zero-order valence-corrected chi connectivity index (χ0v) is 18.2. The number of ether oxygens (including phenoxy) is 1. The van der Waals surface area contributed by atoms with Gasteiger partial charge in [0.2, 0.25) is 11.8 Å². The van der Waals surface area contributed by atoms with Gasteiger partial charge in [-0.15, -0.1) is 10.2 Å². The highest BCUT2D eigenvalue weighted by atomic mass is 19.2. The van der Waals surface area contributed by atoms with Crippen molar-refractivity contribution >= 4 is 6.03 Å². The molecule has 1 aromatic heterocycles. The van der Waals surface area contributed by atoms with Gasteiger partial charge in [0.1, 0.15) is 0 Å². The summed E-state index contributed by atoms with van der Waals surface area (Å²) in [6.45, 7) is 4.63. The van der Waals surface area contributed by atoms with Gasteiger partial charge >= 0.3 is 6.03 Å². The van der Waals surface area contributed by atoms with Crippen molar-refractivity contribution in [1.82, 2.24) is 25.7 Å². The van der Waals surface area contributed by atoms with Crippen LogP contribution in [0.3, 0.4) is 0 Å². The quantitative estimate of drug-likeness (QED) is 0.567. The fourth-order valence-corrected chi connectivity index (χ4v) is 3.62. The van der Waals surface area contributed by atoms with Gasteiger partial charge in [0, 0.05) is 45.2 Å². The fourth-order valence-electron chi connectivity index (χ4n) is 3.62. The van der Waals surface area contributed by atoms with E-state index in [9.17, 15) is 13.6 Å². The molecule has 0 spiro atoms. The Hall–Kier alpha value is -3.37. The summed E-state index contributed by atoms with van der Waals surface area (Å²) in [4.78, 5) is 14.3. The number of hydrogen-bond acceptors (Lipinski definition) is 6. The van der Waals surface area contributed by atoms with Crippen LogP contribution in [0.1, 0.15) is 17.0 Å². The molecule has 3 aromatic rings. The molecule has 10 heteroatoms. The van der Waals surface area contributed by atoms with Crippen LogP contribution >= 0.6 is 0 Å². The first-order valence-electron chi connectivity index (χ1n) is 10.7. The van der Waals surface area contributed by atoms with Crippen molar-refractivity contribution in [2.45, 2.75) is 26.1 Å². The predicted molar refractivity (Wildman–Crippen MR) is 116 cm³/mol. The molecule has 2 N–H and O–H groups in total. The Kier molecular flexibility index (Phi) is 7.26. The number of carbonyl (C=O) groups excluding carboxylic acids is 1. The third-order valence-corrected chi connectivity index (χ3v) is 5.26. The molecule has 0 saturated carbocycles. The average molecular weight is 457 g/mol. The Labute approximate surface area is 189 Å². The van der Waals surface area contributed by atoms with Gasteiger partial charge in [-0.05, 0) is 35.4 Å². The molecule has 0 unspecified atom stereocenters. The minimum Gasteiger partial charge on any atom is -0.421 e. The van der Waals surface area contributed by atoms with Crippen LogP contribution in [0.4, 0.5) is 13.6 Å². The van der Waals surface area contributed by atoms with Crippen molar-refractivity contribution < 1.29 is 22.7 Å². The van der Waals surface area contributed by atoms with Crippen molar-refractivity contribution in [2.24, 2.45) is 0 Å². The lowest BCUT2D eigenvalue weighted by Gasteiger charge is -2.33. The number of halogens is 2. The number of nitrogens with zero attached hydrogens (tertiary/aromatic N) is 3. The highest BCUT2D eigenvalue weighted by molar-refractivity contribution is 5.73. The molecule has 1 atom stereocenters. The van der Waals surface area contributed by atoms with E-state index in [4.69, 9.17) is 9.15 Å². The molecule has 2 amide bonds. The fraction of sp³-hybridized carbons (Fsp3) is 0.348. The summed E-state index contributed by atoms with van der Waals surface area (Å²) in [7, 11) is 0. The number of morpholine rings is 1. The van der Waals surface area contributed by atoms with Crippen LogP contribution in [-0.4, -0.2) is 53.5 Å². The van der Waals surface area contributed by atoms with Crippen LogP contribution in [0, 0.1) is 18.6 Å². The van der Waals surface area contributed by atoms with E-state index < -0.39 is 11.6 Å². The number of amides is 2. The lowest BCUT2D eigenvalue weighted by atomic mass is 10.1. The van der Waals surface area contributed by atoms with E-state index in [-0.39, 0.29) is 12.1 Å². The number of rotatable bonds is 7. The Morgan fingerprint density at radius 1 is 1.12 bits per heavy atom. The molecule has 174 valence electrons. The summed E-state index contributed by atoms with van der Waals surface area (Å²) < 4.78 is 37.7. The number of hydrogen-bond donors (Lipinski definition) is 2. The van der Waals surface area contributed by atoms with Crippen LogP contribution in [0.2, 0.25) is 0 Å². The van der Waals surface area contributed by atoms with Gasteiger partial charge in [-0.25, -0.2) is 13.6 Å². The number of urea groups is 1. The molecule has 4 rings (SSSR count). The molecule has 2 heterocycles. The van der Waals surface area contributed by atoms with Gasteiger partial charge in [-0.3, -0.25) is 4.90 Å². The van der Waals surface area contributed by atoms with E-state index in [0.717, 1.165) is 17.2 Å². The first-order chi connectivity index (χ1) is 16.0. The Bertz CT molecular complexity index is 1110. The van der Waals surface area contributed by atoms with Crippen molar-refractivity contribution in [2.75, 3.05) is 26.2 Å². The predicted octanol–water partition coefficient (Wildman–Crippen LogP) is 3.02. The van der Waals surface area contributed by atoms with E-state index >= 15 is 0 Å².